The van der Waals surface area contributed by atoms with E-state index in [4.69, 9.17) is 16.2 Å². The Bertz CT molecular complexity index is 1160. The van der Waals surface area contributed by atoms with Gasteiger partial charge in [0.15, 0.2) is 11.5 Å². The number of anilines is 2. The van der Waals surface area contributed by atoms with Gasteiger partial charge in [-0.15, -0.1) is 0 Å². The predicted octanol–water partition coefficient (Wildman–Crippen LogP) is 3.44. The van der Waals surface area contributed by atoms with Crippen LogP contribution in [0.4, 0.5) is 24.5 Å². The van der Waals surface area contributed by atoms with E-state index >= 15 is 0 Å². The fourth-order valence-corrected chi connectivity index (χ4v) is 3.63. The van der Waals surface area contributed by atoms with E-state index in [9.17, 15) is 18.0 Å². The summed E-state index contributed by atoms with van der Waals surface area (Å²) in [6.07, 6.45) is 5.56. The van der Waals surface area contributed by atoms with Crippen molar-refractivity contribution in [1.29, 1.82) is 0 Å². The van der Waals surface area contributed by atoms with Crippen molar-refractivity contribution in [3.05, 3.63) is 59.9 Å². The van der Waals surface area contributed by atoms with Gasteiger partial charge >= 0.3 is 0 Å². The number of nitrogens with one attached hydrogen (secondary N) is 1. The number of carbonyl (C=O) groups excluding carboxylic acids is 1. The van der Waals surface area contributed by atoms with Crippen LogP contribution < -0.4 is 21.5 Å². The van der Waals surface area contributed by atoms with Crippen LogP contribution in [-0.4, -0.2) is 33.0 Å². The second-order valence-electron chi connectivity index (χ2n) is 7.70. The number of nitrogen functional groups attached to an aromatic ring is 1. The van der Waals surface area contributed by atoms with E-state index in [2.05, 4.69) is 20.3 Å². The molecule has 0 aliphatic heterocycles. The van der Waals surface area contributed by atoms with Gasteiger partial charge in [0, 0.05) is 12.1 Å². The molecule has 172 valence electrons. The van der Waals surface area contributed by atoms with E-state index in [1.165, 1.54) is 12.5 Å². The first kappa shape index (κ1) is 22.5. The molecule has 1 saturated carbocycles. The van der Waals surface area contributed by atoms with Crippen LogP contribution in [0.3, 0.4) is 0 Å². The van der Waals surface area contributed by atoms with Gasteiger partial charge in [-0.2, -0.15) is 4.98 Å². The van der Waals surface area contributed by atoms with E-state index in [1.54, 1.807) is 0 Å². The standard InChI is InChI=1S/C22H21F3N6O2/c23-13-2-1-3-14(24)18(13)19-15(25)8-16(27)20(31-19)21(32)30-17-9-28-10-29-22(17)33-12-6-4-11(26)5-7-12/h1-3,8-12H,4-7,26-27H2,(H,30,32). The summed E-state index contributed by atoms with van der Waals surface area (Å²) >= 11 is 0. The SMILES string of the molecule is Nc1cc(F)c(-c2c(F)cccc2F)nc1C(=O)Nc1cncnc1OC1CCC(N)CC1. The Kier molecular flexibility index (Phi) is 6.40. The minimum atomic E-state index is -1.07. The molecule has 2 aromatic heterocycles. The molecule has 1 aromatic carbocycles. The Morgan fingerprint density at radius 2 is 1.79 bits per heavy atom. The normalized spacial score (nSPS) is 18.1. The van der Waals surface area contributed by atoms with Crippen LogP contribution in [0.25, 0.3) is 11.3 Å². The van der Waals surface area contributed by atoms with E-state index in [0.717, 1.165) is 49.9 Å². The summed E-state index contributed by atoms with van der Waals surface area (Å²) in [7, 11) is 0. The largest absolute Gasteiger partial charge is 0.473 e. The second kappa shape index (κ2) is 9.41. The number of hydrogen-bond donors (Lipinski definition) is 3. The molecule has 1 fully saturated rings. The highest BCUT2D eigenvalue weighted by molar-refractivity contribution is 6.07. The zero-order chi connectivity index (χ0) is 23.5. The van der Waals surface area contributed by atoms with Crippen LogP contribution in [-0.2, 0) is 0 Å². The van der Waals surface area contributed by atoms with Crippen LogP contribution in [0.2, 0.25) is 0 Å². The number of rotatable bonds is 5. The van der Waals surface area contributed by atoms with E-state index in [1.807, 2.05) is 0 Å². The minimum Gasteiger partial charge on any atom is -0.473 e. The topological polar surface area (TPSA) is 129 Å². The molecule has 0 radical (unpaired) electrons. The van der Waals surface area contributed by atoms with Crippen molar-refractivity contribution in [2.75, 3.05) is 11.1 Å². The third kappa shape index (κ3) is 4.87. The van der Waals surface area contributed by atoms with Gasteiger partial charge in [-0.05, 0) is 37.8 Å². The summed E-state index contributed by atoms with van der Waals surface area (Å²) < 4.78 is 48.7. The van der Waals surface area contributed by atoms with Crippen molar-refractivity contribution < 1.29 is 22.7 Å². The first-order chi connectivity index (χ1) is 15.8. The number of benzene rings is 1. The van der Waals surface area contributed by atoms with Gasteiger partial charge in [0.1, 0.15) is 35.4 Å². The number of pyridine rings is 1. The average Bonchev–Trinajstić information content (AvgIpc) is 2.77. The first-order valence-electron chi connectivity index (χ1n) is 10.3. The maximum Gasteiger partial charge on any atom is 0.276 e. The monoisotopic (exact) mass is 458 g/mol. The number of halogens is 3. The van der Waals surface area contributed by atoms with Gasteiger partial charge in [0.2, 0.25) is 5.88 Å². The van der Waals surface area contributed by atoms with Gasteiger partial charge in [-0.1, -0.05) is 6.07 Å². The summed E-state index contributed by atoms with van der Waals surface area (Å²) in [5, 5.41) is 2.53. The average molecular weight is 458 g/mol. The van der Waals surface area contributed by atoms with Gasteiger partial charge in [-0.25, -0.2) is 23.1 Å². The van der Waals surface area contributed by atoms with Crippen LogP contribution in [0, 0.1) is 17.5 Å². The van der Waals surface area contributed by atoms with Crippen molar-refractivity contribution in [1.82, 2.24) is 15.0 Å². The number of hydrogen-bond acceptors (Lipinski definition) is 7. The van der Waals surface area contributed by atoms with Crippen molar-refractivity contribution in [3.63, 3.8) is 0 Å². The number of amides is 1. The summed E-state index contributed by atoms with van der Waals surface area (Å²) in [5.74, 6) is -3.85. The number of nitrogens with zero attached hydrogens (tertiary/aromatic N) is 3. The Labute approximate surface area is 187 Å². The molecular formula is C22H21F3N6O2. The van der Waals surface area contributed by atoms with E-state index < -0.39 is 40.3 Å². The molecule has 3 aromatic rings. The summed E-state index contributed by atoms with van der Waals surface area (Å²) in [4.78, 5) is 24.7. The number of nitrogens with two attached hydrogens (primary N) is 2. The highest BCUT2D eigenvalue weighted by Crippen LogP contribution is 2.30. The number of carbonyl (C=O) groups is 1. The van der Waals surface area contributed by atoms with Gasteiger partial charge < -0.3 is 21.5 Å². The lowest BCUT2D eigenvalue weighted by atomic mass is 9.94. The number of aromatic nitrogens is 3. The van der Waals surface area contributed by atoms with Crippen LogP contribution in [0.15, 0.2) is 36.8 Å². The van der Waals surface area contributed by atoms with Gasteiger partial charge in [0.05, 0.1) is 17.4 Å². The van der Waals surface area contributed by atoms with Gasteiger partial charge in [0.25, 0.3) is 5.91 Å². The molecule has 0 saturated heterocycles. The molecule has 0 unspecified atom stereocenters. The Morgan fingerprint density at radius 1 is 1.09 bits per heavy atom. The third-order valence-corrected chi connectivity index (χ3v) is 5.34. The smallest absolute Gasteiger partial charge is 0.276 e. The summed E-state index contributed by atoms with van der Waals surface area (Å²) in [5.41, 5.74) is 9.72. The van der Waals surface area contributed by atoms with E-state index in [0.29, 0.717) is 0 Å². The molecule has 1 aliphatic carbocycles. The van der Waals surface area contributed by atoms with Crippen molar-refractivity contribution >= 4 is 17.3 Å². The zero-order valence-corrected chi connectivity index (χ0v) is 17.4. The summed E-state index contributed by atoms with van der Waals surface area (Å²) in [6, 6.07) is 3.97. The molecule has 0 atom stereocenters. The predicted molar refractivity (Wildman–Crippen MR) is 115 cm³/mol. The quantitative estimate of drug-likeness (QED) is 0.534. The highest BCUT2D eigenvalue weighted by atomic mass is 19.1. The zero-order valence-electron chi connectivity index (χ0n) is 17.4. The Morgan fingerprint density at radius 3 is 2.48 bits per heavy atom. The molecule has 0 spiro atoms. The maximum atomic E-state index is 14.5. The molecule has 4 rings (SSSR count). The molecule has 8 nitrogen and oxygen atoms in total. The highest BCUT2D eigenvalue weighted by Gasteiger charge is 2.24. The van der Waals surface area contributed by atoms with Crippen molar-refractivity contribution in [2.24, 2.45) is 5.73 Å². The maximum absolute atomic E-state index is 14.5. The second-order valence-corrected chi connectivity index (χ2v) is 7.70. The lowest BCUT2D eigenvalue weighted by molar-refractivity contribution is 0.102. The van der Waals surface area contributed by atoms with Crippen LogP contribution in [0.1, 0.15) is 36.2 Å². The molecule has 5 N–H and O–H groups in total. The number of ether oxygens (including phenoxy) is 1. The summed E-state index contributed by atoms with van der Waals surface area (Å²) in [6.45, 7) is 0. The molecular weight excluding hydrogens is 437 g/mol. The lowest BCUT2D eigenvalue weighted by Crippen LogP contribution is -2.32. The van der Waals surface area contributed by atoms with Crippen LogP contribution in [0.5, 0.6) is 5.88 Å². The lowest BCUT2D eigenvalue weighted by Gasteiger charge is -2.26. The molecule has 2 heterocycles. The van der Waals surface area contributed by atoms with Crippen molar-refractivity contribution in [2.45, 2.75) is 37.8 Å². The van der Waals surface area contributed by atoms with E-state index in [-0.39, 0.29) is 29.4 Å². The third-order valence-electron chi connectivity index (χ3n) is 5.34. The van der Waals surface area contributed by atoms with Crippen LogP contribution >= 0.6 is 0 Å². The first-order valence-corrected chi connectivity index (χ1v) is 10.3. The Hall–Kier alpha value is -3.73. The fourth-order valence-electron chi connectivity index (χ4n) is 3.63. The molecule has 11 heteroatoms. The minimum absolute atomic E-state index is 0.125. The molecule has 1 aliphatic rings. The molecule has 0 bridgehead atoms. The van der Waals surface area contributed by atoms with Gasteiger partial charge in [-0.3, -0.25) is 4.79 Å². The van der Waals surface area contributed by atoms with Crippen molar-refractivity contribution in [3.8, 4) is 17.1 Å². The molecule has 1 amide bonds. The molecule has 33 heavy (non-hydrogen) atoms. The fraction of sp³-hybridized carbons (Fsp3) is 0.273. The Balaban J connectivity index is 1.61.